The smallest absolute Gasteiger partial charge is 0.151 e. The summed E-state index contributed by atoms with van der Waals surface area (Å²) in [7, 11) is 0. The molecule has 0 heterocycles. The van der Waals surface area contributed by atoms with Crippen molar-refractivity contribution in [3.8, 4) is 0 Å². The molecule has 254 valence electrons. The van der Waals surface area contributed by atoms with Crippen LogP contribution in [0.3, 0.4) is 0 Å². The molecule has 1 atom stereocenters. The summed E-state index contributed by atoms with van der Waals surface area (Å²) < 4.78 is 16.3. The number of ketones is 1. The van der Waals surface area contributed by atoms with E-state index in [9.17, 15) is 4.79 Å². The van der Waals surface area contributed by atoms with Gasteiger partial charge in [0.2, 0.25) is 0 Å². The van der Waals surface area contributed by atoms with Crippen LogP contribution in [0.4, 0.5) is 4.39 Å². The second-order valence-electron chi connectivity index (χ2n) is 17.4. The van der Waals surface area contributed by atoms with E-state index in [2.05, 4.69) is 13.8 Å². The Bertz CT molecular complexity index is 817. The van der Waals surface area contributed by atoms with Gasteiger partial charge >= 0.3 is 0 Å². The lowest BCUT2D eigenvalue weighted by Crippen LogP contribution is -2.69. The zero-order valence-corrected chi connectivity index (χ0v) is 29.5. The summed E-state index contributed by atoms with van der Waals surface area (Å²) in [4.78, 5) is 13.9. The average Bonchev–Trinajstić information content (AvgIpc) is 3.08. The number of rotatable bonds is 16. The van der Waals surface area contributed by atoms with Gasteiger partial charge in [0.05, 0.1) is 10.8 Å². The SMILES string of the molecule is CCCCCCCCCCC1CCC(C2CC[C@]3(CC2)C(=O)[C@@]2(CCC(C4CCC(CCCCCC)CC4)CC2)[C@H]3F)CC1. The van der Waals surface area contributed by atoms with Gasteiger partial charge in [0, 0.05) is 0 Å². The molecule has 0 bridgehead atoms. The summed E-state index contributed by atoms with van der Waals surface area (Å²) in [5.74, 6) is 5.55. The minimum absolute atomic E-state index is 0.388. The van der Waals surface area contributed by atoms with Crippen molar-refractivity contribution in [2.45, 2.75) is 213 Å². The molecular formula is C42H73FO. The van der Waals surface area contributed by atoms with Gasteiger partial charge in [-0.25, -0.2) is 4.39 Å². The van der Waals surface area contributed by atoms with E-state index in [-0.39, 0.29) is 0 Å². The van der Waals surface area contributed by atoms with Crippen molar-refractivity contribution in [1.29, 1.82) is 0 Å². The first-order valence-electron chi connectivity index (χ1n) is 20.7. The molecule has 0 aromatic rings. The minimum Gasteiger partial charge on any atom is -0.298 e. The first-order chi connectivity index (χ1) is 21.5. The number of hydrogen-bond donors (Lipinski definition) is 0. The van der Waals surface area contributed by atoms with Crippen molar-refractivity contribution in [1.82, 2.24) is 0 Å². The van der Waals surface area contributed by atoms with Crippen molar-refractivity contribution in [2.75, 3.05) is 0 Å². The van der Waals surface area contributed by atoms with Crippen LogP contribution >= 0.6 is 0 Å². The highest BCUT2D eigenvalue weighted by atomic mass is 19.1. The standard InChI is InChI=1S/C42H73FO/c1-3-5-7-9-10-11-12-14-16-34-19-23-36(24-20-34)38-27-31-42(32-28-38)39(43)41(40(42)44)29-25-37(26-30-41)35-21-17-33(18-22-35)15-13-8-6-4-2/h33-39H,3-32H2,1-2H3/t33?,34?,35?,36?,37?,38?,39-,41-,42-/m1/s1. The number of unbranched alkanes of at least 4 members (excludes halogenated alkanes) is 10. The van der Waals surface area contributed by atoms with Crippen LogP contribution in [0.1, 0.15) is 206 Å². The van der Waals surface area contributed by atoms with E-state index in [1.54, 1.807) is 0 Å². The van der Waals surface area contributed by atoms with E-state index >= 15 is 4.39 Å². The van der Waals surface area contributed by atoms with Crippen LogP contribution in [0.2, 0.25) is 0 Å². The second-order valence-corrected chi connectivity index (χ2v) is 17.4. The molecule has 0 unspecified atom stereocenters. The van der Waals surface area contributed by atoms with E-state index in [0.717, 1.165) is 86.9 Å². The number of carbonyl (C=O) groups is 1. The van der Waals surface area contributed by atoms with Crippen LogP contribution < -0.4 is 0 Å². The topological polar surface area (TPSA) is 17.1 Å². The Morgan fingerprint density at radius 2 is 0.795 bits per heavy atom. The van der Waals surface area contributed by atoms with Crippen molar-refractivity contribution in [2.24, 2.45) is 46.3 Å². The quantitative estimate of drug-likeness (QED) is 0.158. The third kappa shape index (κ3) is 8.17. The molecule has 2 heteroatoms. The molecule has 0 aromatic carbocycles. The Morgan fingerprint density at radius 3 is 1.16 bits per heavy atom. The van der Waals surface area contributed by atoms with Crippen molar-refractivity contribution in [3.63, 3.8) is 0 Å². The third-order valence-electron chi connectivity index (χ3n) is 14.8. The fourth-order valence-electron chi connectivity index (χ4n) is 11.7. The van der Waals surface area contributed by atoms with Crippen LogP contribution in [-0.4, -0.2) is 12.0 Å². The molecular weight excluding hydrogens is 539 g/mol. The lowest BCUT2D eigenvalue weighted by atomic mass is 9.41. The monoisotopic (exact) mass is 613 g/mol. The van der Waals surface area contributed by atoms with Crippen molar-refractivity contribution < 1.29 is 9.18 Å². The summed E-state index contributed by atoms with van der Waals surface area (Å²) in [6, 6.07) is 0. The van der Waals surface area contributed by atoms with Gasteiger partial charge in [-0.15, -0.1) is 0 Å². The molecule has 0 N–H and O–H groups in total. The molecule has 0 aromatic heterocycles. The molecule has 0 radical (unpaired) electrons. The maximum Gasteiger partial charge on any atom is 0.151 e. The van der Waals surface area contributed by atoms with Gasteiger partial charge in [-0.05, 0) is 113 Å². The van der Waals surface area contributed by atoms with E-state index in [4.69, 9.17) is 0 Å². The first-order valence-corrected chi connectivity index (χ1v) is 20.7. The summed E-state index contributed by atoms with van der Waals surface area (Å²) in [6.45, 7) is 4.60. The minimum atomic E-state index is -0.842. The summed E-state index contributed by atoms with van der Waals surface area (Å²) in [5, 5.41) is 0. The van der Waals surface area contributed by atoms with Gasteiger partial charge in [-0.3, -0.25) is 4.79 Å². The van der Waals surface area contributed by atoms with Crippen molar-refractivity contribution in [3.05, 3.63) is 0 Å². The van der Waals surface area contributed by atoms with E-state index in [1.807, 2.05) is 0 Å². The Kier molecular flexibility index (Phi) is 13.6. The summed E-state index contributed by atoms with van der Waals surface area (Å²) in [6.07, 6.45) is 38.3. The molecule has 5 aliphatic carbocycles. The lowest BCUT2D eigenvalue weighted by Gasteiger charge is -2.62. The number of halogens is 1. The molecule has 0 saturated heterocycles. The molecule has 5 fully saturated rings. The highest BCUT2D eigenvalue weighted by Gasteiger charge is 2.71. The maximum absolute atomic E-state index is 16.3. The Labute approximate surface area is 273 Å². The maximum atomic E-state index is 16.3. The van der Waals surface area contributed by atoms with Gasteiger partial charge in [-0.1, -0.05) is 129 Å². The molecule has 2 spiro atoms. The van der Waals surface area contributed by atoms with Gasteiger partial charge in [0.25, 0.3) is 0 Å². The molecule has 1 nitrogen and oxygen atoms in total. The van der Waals surface area contributed by atoms with Crippen LogP contribution in [0.15, 0.2) is 0 Å². The lowest BCUT2D eigenvalue weighted by molar-refractivity contribution is -0.194. The molecule has 0 aliphatic heterocycles. The number of Topliss-reactive ketones (excluding diaryl/α,β-unsaturated/α-hetero) is 1. The Balaban J connectivity index is 0.964. The van der Waals surface area contributed by atoms with E-state index in [1.165, 1.54) is 141 Å². The van der Waals surface area contributed by atoms with E-state index in [0.29, 0.717) is 5.78 Å². The number of hydrogen-bond acceptors (Lipinski definition) is 1. The molecule has 44 heavy (non-hydrogen) atoms. The van der Waals surface area contributed by atoms with E-state index < -0.39 is 17.0 Å². The number of alkyl halides is 1. The molecule has 5 aliphatic rings. The van der Waals surface area contributed by atoms with Crippen LogP contribution in [-0.2, 0) is 4.79 Å². The van der Waals surface area contributed by atoms with Crippen LogP contribution in [0.25, 0.3) is 0 Å². The fourth-order valence-corrected chi connectivity index (χ4v) is 11.7. The zero-order chi connectivity index (χ0) is 30.8. The van der Waals surface area contributed by atoms with Crippen molar-refractivity contribution >= 4 is 5.78 Å². The predicted octanol–water partition coefficient (Wildman–Crippen LogP) is 13.4. The summed E-state index contributed by atoms with van der Waals surface area (Å²) in [5.41, 5.74) is -1.15. The molecule has 5 rings (SSSR count). The van der Waals surface area contributed by atoms with Gasteiger partial charge in [0.1, 0.15) is 6.17 Å². The highest BCUT2D eigenvalue weighted by molar-refractivity contribution is 5.98. The highest BCUT2D eigenvalue weighted by Crippen LogP contribution is 2.66. The molecule has 5 saturated carbocycles. The van der Waals surface area contributed by atoms with Gasteiger partial charge in [-0.2, -0.15) is 0 Å². The first kappa shape index (κ1) is 34.9. The Hall–Kier alpha value is -0.400. The Morgan fingerprint density at radius 1 is 0.477 bits per heavy atom. The fraction of sp³-hybridized carbons (Fsp3) is 0.976. The second kappa shape index (κ2) is 17.1. The van der Waals surface area contributed by atoms with Crippen LogP contribution in [0.5, 0.6) is 0 Å². The zero-order valence-electron chi connectivity index (χ0n) is 29.5. The summed E-state index contributed by atoms with van der Waals surface area (Å²) >= 11 is 0. The number of carbonyl (C=O) groups excluding carboxylic acids is 1. The largest absolute Gasteiger partial charge is 0.298 e. The van der Waals surface area contributed by atoms with Gasteiger partial charge in [0.15, 0.2) is 5.78 Å². The average molecular weight is 613 g/mol. The predicted molar refractivity (Wildman–Crippen MR) is 186 cm³/mol. The van der Waals surface area contributed by atoms with Gasteiger partial charge < -0.3 is 0 Å². The third-order valence-corrected chi connectivity index (χ3v) is 14.8. The normalized spacial score (nSPS) is 39.5. The molecule has 0 amide bonds. The van der Waals surface area contributed by atoms with Crippen LogP contribution in [0, 0.1) is 46.3 Å².